The second-order valence-electron chi connectivity index (χ2n) is 9.73. The zero-order valence-electron chi connectivity index (χ0n) is 20.6. The molecule has 4 aromatic carbocycles. The van der Waals surface area contributed by atoms with Crippen molar-refractivity contribution in [3.05, 3.63) is 119 Å². The van der Waals surface area contributed by atoms with Crippen molar-refractivity contribution in [2.24, 2.45) is 0 Å². The lowest BCUT2D eigenvalue weighted by Gasteiger charge is -2.10. The van der Waals surface area contributed by atoms with E-state index in [9.17, 15) is 0 Å². The average Bonchev–Trinajstić information content (AvgIpc) is 2.90. The Morgan fingerprint density at radius 2 is 0.743 bits per heavy atom. The molecule has 2 nitrogen and oxygen atoms in total. The summed E-state index contributed by atoms with van der Waals surface area (Å²) < 4.78 is 0. The van der Waals surface area contributed by atoms with Crippen molar-refractivity contribution in [3.8, 4) is 11.1 Å². The van der Waals surface area contributed by atoms with Crippen LogP contribution in [-0.2, 0) is 19.3 Å². The number of hydrogen-bond donors (Lipinski definition) is 2. The molecule has 0 aliphatic carbocycles. The molecule has 10 aliphatic heterocycles. The molecule has 0 amide bonds. The van der Waals surface area contributed by atoms with Gasteiger partial charge in [0, 0.05) is 24.5 Å². The summed E-state index contributed by atoms with van der Waals surface area (Å²) in [6, 6.07) is 36.1. The van der Waals surface area contributed by atoms with E-state index >= 15 is 0 Å². The molecule has 2 N–H and O–H groups in total. The minimum atomic E-state index is 1.01. The lowest BCUT2D eigenvalue weighted by Crippen LogP contribution is -2.02. The highest BCUT2D eigenvalue weighted by Gasteiger charge is 2.02. The number of hydrogen-bond acceptors (Lipinski definition) is 2. The molecule has 10 heterocycles. The predicted octanol–water partition coefficient (Wildman–Crippen LogP) is 8.13. The third-order valence-corrected chi connectivity index (χ3v) is 7.00. The Hall–Kier alpha value is -3.52. The predicted molar refractivity (Wildman–Crippen MR) is 150 cm³/mol. The minimum absolute atomic E-state index is 1.01. The fourth-order valence-electron chi connectivity index (χ4n) is 4.82. The standard InChI is InChI=1S/C33H36N2/c1-3-23-34-32-19-15-30(16-20-32)31-17-21-33(22-18-31)35-24-4-2-6-27-9-13-29(14-10-27)25-28-11-7-26(5-1)8-12-28/h7-22,34-35H,1-6,23-25H2. The van der Waals surface area contributed by atoms with Crippen molar-refractivity contribution in [3.63, 3.8) is 0 Å². The molecule has 14 rings (SSSR count). The van der Waals surface area contributed by atoms with Crippen LogP contribution >= 0.6 is 0 Å². The van der Waals surface area contributed by atoms with Crippen molar-refractivity contribution in [2.75, 3.05) is 23.7 Å². The Labute approximate surface area is 210 Å². The summed E-state index contributed by atoms with van der Waals surface area (Å²) in [7, 11) is 0. The van der Waals surface area contributed by atoms with Crippen LogP contribution < -0.4 is 10.6 Å². The van der Waals surface area contributed by atoms with E-state index in [2.05, 4.69) is 108 Å². The molecule has 8 bridgehead atoms. The minimum Gasteiger partial charge on any atom is -0.385 e. The van der Waals surface area contributed by atoms with Crippen LogP contribution in [0.4, 0.5) is 11.4 Å². The summed E-state index contributed by atoms with van der Waals surface area (Å²) in [5, 5.41) is 7.16. The van der Waals surface area contributed by atoms with Crippen LogP contribution in [-0.4, -0.2) is 13.1 Å². The van der Waals surface area contributed by atoms with E-state index < -0.39 is 0 Å². The van der Waals surface area contributed by atoms with Crippen molar-refractivity contribution in [1.82, 2.24) is 0 Å². The zero-order valence-corrected chi connectivity index (χ0v) is 20.6. The normalized spacial score (nSPS) is 14.9. The smallest absolute Gasteiger partial charge is 0.0340 e. The molecule has 35 heavy (non-hydrogen) atoms. The van der Waals surface area contributed by atoms with Crippen molar-refractivity contribution >= 4 is 11.4 Å². The van der Waals surface area contributed by atoms with E-state index in [1.807, 2.05) is 0 Å². The number of rotatable bonds is 0. The second-order valence-corrected chi connectivity index (χ2v) is 9.73. The third-order valence-electron chi connectivity index (χ3n) is 7.00. The maximum atomic E-state index is 3.58. The number of nitrogens with one attached hydrogen (secondary N) is 2. The average molecular weight is 461 g/mol. The summed E-state index contributed by atoms with van der Waals surface area (Å²) in [5.41, 5.74) is 10.6. The van der Waals surface area contributed by atoms with Crippen LogP contribution in [0.1, 0.15) is 47.9 Å². The quantitative estimate of drug-likeness (QED) is 0.277. The molecule has 2 heteroatoms. The number of benzene rings is 4. The van der Waals surface area contributed by atoms with Gasteiger partial charge in [-0.2, -0.15) is 0 Å². The molecule has 0 saturated carbocycles. The molecule has 178 valence electrons. The largest absolute Gasteiger partial charge is 0.385 e. The molecule has 0 fully saturated rings. The molecule has 4 aromatic rings. The van der Waals surface area contributed by atoms with Gasteiger partial charge in [0.25, 0.3) is 0 Å². The maximum absolute atomic E-state index is 3.58. The fourth-order valence-corrected chi connectivity index (χ4v) is 4.82. The Balaban J connectivity index is 1.26. The fraction of sp³-hybridized carbons (Fsp3) is 0.273. The van der Waals surface area contributed by atoms with Gasteiger partial charge in [-0.25, -0.2) is 0 Å². The molecule has 0 radical (unpaired) electrons. The molecular weight excluding hydrogens is 424 g/mol. The first-order valence-corrected chi connectivity index (χ1v) is 13.2. The first kappa shape index (κ1) is 23.2. The van der Waals surface area contributed by atoms with Crippen LogP contribution in [0.2, 0.25) is 0 Å². The van der Waals surface area contributed by atoms with Gasteiger partial charge in [0.1, 0.15) is 0 Å². The third kappa shape index (κ3) is 6.76. The van der Waals surface area contributed by atoms with Gasteiger partial charge in [0.15, 0.2) is 0 Å². The van der Waals surface area contributed by atoms with Crippen molar-refractivity contribution in [2.45, 2.75) is 44.9 Å². The van der Waals surface area contributed by atoms with E-state index in [4.69, 9.17) is 0 Å². The molecule has 0 saturated heterocycles. The zero-order chi connectivity index (χ0) is 23.7. The topological polar surface area (TPSA) is 24.1 Å². The van der Waals surface area contributed by atoms with Crippen molar-refractivity contribution in [1.29, 1.82) is 0 Å². The molecular formula is C33H36N2. The number of aryl methyl sites for hydroxylation is 2. The molecule has 0 spiro atoms. The summed E-state index contributed by atoms with van der Waals surface area (Å²) >= 11 is 0. The van der Waals surface area contributed by atoms with Gasteiger partial charge in [-0.05, 0) is 103 Å². The van der Waals surface area contributed by atoms with Gasteiger partial charge in [-0.3, -0.25) is 0 Å². The summed E-state index contributed by atoms with van der Waals surface area (Å²) in [6.07, 6.45) is 8.03. The second kappa shape index (κ2) is 11.8. The Kier molecular flexibility index (Phi) is 7.80. The monoisotopic (exact) mass is 460 g/mol. The molecule has 0 unspecified atom stereocenters. The Morgan fingerprint density at radius 3 is 1.14 bits per heavy atom. The van der Waals surface area contributed by atoms with Crippen molar-refractivity contribution < 1.29 is 0 Å². The van der Waals surface area contributed by atoms with Gasteiger partial charge in [-0.1, -0.05) is 72.8 Å². The van der Waals surface area contributed by atoms with Crippen LogP contribution in [0.5, 0.6) is 0 Å². The molecule has 0 aromatic heterocycles. The molecule has 0 atom stereocenters. The van der Waals surface area contributed by atoms with Crippen LogP contribution in [0.25, 0.3) is 11.1 Å². The van der Waals surface area contributed by atoms with Gasteiger partial charge in [-0.15, -0.1) is 0 Å². The van der Waals surface area contributed by atoms with E-state index in [0.717, 1.165) is 32.4 Å². The SMILES string of the molecule is c1cc2ccc1CCCCNc1ccc(cc1)-c1ccc(cc1)NCCCCc1ccc(cc1)C2. The van der Waals surface area contributed by atoms with E-state index in [-0.39, 0.29) is 0 Å². The number of anilines is 2. The van der Waals surface area contributed by atoms with Gasteiger partial charge in [0.05, 0.1) is 0 Å². The highest BCUT2D eigenvalue weighted by molar-refractivity contribution is 5.68. The van der Waals surface area contributed by atoms with E-state index in [1.165, 1.54) is 70.4 Å². The van der Waals surface area contributed by atoms with Crippen LogP contribution in [0.15, 0.2) is 97.1 Å². The van der Waals surface area contributed by atoms with E-state index in [1.54, 1.807) is 0 Å². The summed E-state index contributed by atoms with van der Waals surface area (Å²) in [4.78, 5) is 0. The van der Waals surface area contributed by atoms with Gasteiger partial charge in [0.2, 0.25) is 0 Å². The van der Waals surface area contributed by atoms with Gasteiger partial charge >= 0.3 is 0 Å². The lowest BCUT2D eigenvalue weighted by molar-refractivity contribution is 0.762. The first-order valence-electron chi connectivity index (χ1n) is 13.2. The van der Waals surface area contributed by atoms with Gasteiger partial charge < -0.3 is 10.6 Å². The highest BCUT2D eigenvalue weighted by atomic mass is 14.9. The lowest BCUT2D eigenvalue weighted by atomic mass is 9.99. The Morgan fingerprint density at radius 1 is 0.371 bits per heavy atom. The van der Waals surface area contributed by atoms with E-state index in [0.29, 0.717) is 0 Å². The maximum Gasteiger partial charge on any atom is 0.0340 e. The van der Waals surface area contributed by atoms with Crippen LogP contribution in [0, 0.1) is 0 Å². The molecule has 10 aliphatic rings. The highest BCUT2D eigenvalue weighted by Crippen LogP contribution is 2.23. The summed E-state index contributed by atoms with van der Waals surface area (Å²) in [6.45, 7) is 2.02. The first-order chi connectivity index (χ1) is 17.3. The van der Waals surface area contributed by atoms with Crippen LogP contribution in [0.3, 0.4) is 0 Å². The summed E-state index contributed by atoms with van der Waals surface area (Å²) in [5.74, 6) is 0. The Bertz CT molecular complexity index is 1080.